The summed E-state index contributed by atoms with van der Waals surface area (Å²) >= 11 is 0. The lowest BCUT2D eigenvalue weighted by Gasteiger charge is -2.15. The van der Waals surface area contributed by atoms with Crippen molar-refractivity contribution in [1.29, 1.82) is 5.26 Å². The maximum absolute atomic E-state index is 13.9. The Kier molecular flexibility index (Phi) is 3.98. The Morgan fingerprint density at radius 1 is 1.15 bits per heavy atom. The first-order valence-corrected chi connectivity index (χ1v) is 8.33. The van der Waals surface area contributed by atoms with E-state index < -0.39 is 5.82 Å². The summed E-state index contributed by atoms with van der Waals surface area (Å²) in [7, 11) is 0. The minimum Gasteiger partial charge on any atom is -0.368 e. The highest BCUT2D eigenvalue weighted by Gasteiger charge is 2.22. The molecule has 0 bridgehead atoms. The van der Waals surface area contributed by atoms with Gasteiger partial charge in [0.15, 0.2) is 0 Å². The van der Waals surface area contributed by atoms with Gasteiger partial charge in [0, 0.05) is 11.6 Å². The van der Waals surface area contributed by atoms with Crippen LogP contribution >= 0.6 is 0 Å². The molecule has 0 aliphatic heterocycles. The number of nitrogens with zero attached hydrogens (tertiary/aromatic N) is 3. The number of nitriles is 1. The fourth-order valence-corrected chi connectivity index (χ4v) is 3.34. The number of benzene rings is 2. The van der Waals surface area contributed by atoms with Gasteiger partial charge in [0.2, 0.25) is 5.95 Å². The van der Waals surface area contributed by atoms with E-state index in [1.54, 1.807) is 12.1 Å². The van der Waals surface area contributed by atoms with Crippen LogP contribution in [0.5, 0.6) is 0 Å². The number of hydrogen-bond donors (Lipinski definition) is 2. The van der Waals surface area contributed by atoms with Crippen molar-refractivity contribution >= 4 is 11.8 Å². The second-order valence-corrected chi connectivity index (χ2v) is 6.24. The van der Waals surface area contributed by atoms with Gasteiger partial charge >= 0.3 is 0 Å². The van der Waals surface area contributed by atoms with E-state index in [1.807, 2.05) is 18.2 Å². The number of aryl methyl sites for hydroxylation is 1. The molecule has 6 heteroatoms. The van der Waals surface area contributed by atoms with Gasteiger partial charge in [-0.2, -0.15) is 10.2 Å². The lowest BCUT2D eigenvalue weighted by Crippen LogP contribution is -2.10. The van der Waals surface area contributed by atoms with E-state index in [1.165, 1.54) is 23.3 Å². The lowest BCUT2D eigenvalue weighted by atomic mass is 10.1. The van der Waals surface area contributed by atoms with E-state index in [0.717, 1.165) is 12.8 Å². The first kappa shape index (κ1) is 16.0. The summed E-state index contributed by atoms with van der Waals surface area (Å²) < 4.78 is 13.9. The van der Waals surface area contributed by atoms with Crippen molar-refractivity contribution in [1.82, 2.24) is 9.97 Å². The predicted octanol–water partition coefficient (Wildman–Crippen LogP) is 3.84. The number of anilines is 2. The van der Waals surface area contributed by atoms with Crippen molar-refractivity contribution in [2.75, 3.05) is 11.1 Å². The molecule has 5 nitrogen and oxygen atoms in total. The zero-order chi connectivity index (χ0) is 18.1. The monoisotopic (exact) mass is 345 g/mol. The Morgan fingerprint density at radius 3 is 2.81 bits per heavy atom. The first-order chi connectivity index (χ1) is 12.6. The van der Waals surface area contributed by atoms with Gasteiger partial charge in [-0.15, -0.1) is 0 Å². The molecule has 3 aromatic rings. The van der Waals surface area contributed by atoms with Crippen LogP contribution in [0.2, 0.25) is 0 Å². The Bertz CT molecular complexity index is 1020. The molecule has 0 saturated carbocycles. The third kappa shape index (κ3) is 2.95. The molecule has 1 unspecified atom stereocenters. The van der Waals surface area contributed by atoms with Crippen molar-refractivity contribution in [2.45, 2.75) is 18.9 Å². The molecule has 0 amide bonds. The normalized spacial score (nSPS) is 15.3. The SMILES string of the molecule is N#Cc1ccc(-c2cc(NC3CCc4ccccc43)nc(N)n2)cc1F. The highest BCUT2D eigenvalue weighted by molar-refractivity contribution is 5.65. The topological polar surface area (TPSA) is 87.6 Å². The van der Waals surface area contributed by atoms with E-state index in [2.05, 4.69) is 27.4 Å². The standard InChI is InChI=1S/C20H16FN5/c21-16-9-13(5-6-14(16)11-22)18-10-19(26-20(23)25-18)24-17-8-7-12-3-1-2-4-15(12)17/h1-6,9-10,17H,7-8H2,(H3,23,24,25,26). The van der Waals surface area contributed by atoms with Crippen LogP contribution in [0, 0.1) is 17.1 Å². The summed E-state index contributed by atoms with van der Waals surface area (Å²) in [5, 5.41) is 12.3. The molecule has 26 heavy (non-hydrogen) atoms. The van der Waals surface area contributed by atoms with E-state index in [4.69, 9.17) is 11.0 Å². The molecule has 128 valence electrons. The smallest absolute Gasteiger partial charge is 0.222 e. The van der Waals surface area contributed by atoms with Crippen LogP contribution in [0.15, 0.2) is 48.5 Å². The molecule has 1 heterocycles. The molecule has 1 aromatic heterocycles. The zero-order valence-electron chi connectivity index (χ0n) is 13.9. The minimum absolute atomic E-state index is 0.00307. The number of nitrogens with two attached hydrogens (primary N) is 1. The maximum atomic E-state index is 13.9. The van der Waals surface area contributed by atoms with Crippen LogP contribution in [0.4, 0.5) is 16.2 Å². The minimum atomic E-state index is -0.582. The van der Waals surface area contributed by atoms with Crippen LogP contribution in [0.1, 0.15) is 29.2 Å². The number of halogens is 1. The zero-order valence-corrected chi connectivity index (χ0v) is 13.9. The molecule has 0 saturated heterocycles. The third-order valence-electron chi connectivity index (χ3n) is 4.58. The molecule has 2 aromatic carbocycles. The summed E-state index contributed by atoms with van der Waals surface area (Å²) in [6, 6.07) is 16.4. The summed E-state index contributed by atoms with van der Waals surface area (Å²) in [4.78, 5) is 8.46. The highest BCUT2D eigenvalue weighted by atomic mass is 19.1. The molecule has 3 N–H and O–H groups in total. The number of rotatable bonds is 3. The fourth-order valence-electron chi connectivity index (χ4n) is 3.34. The van der Waals surface area contributed by atoms with Crippen molar-refractivity contribution in [3.63, 3.8) is 0 Å². The van der Waals surface area contributed by atoms with Crippen LogP contribution < -0.4 is 11.1 Å². The largest absolute Gasteiger partial charge is 0.368 e. The van der Waals surface area contributed by atoms with Gasteiger partial charge in [-0.1, -0.05) is 30.3 Å². The summed E-state index contributed by atoms with van der Waals surface area (Å²) in [6.07, 6.45) is 1.99. The van der Waals surface area contributed by atoms with E-state index in [-0.39, 0.29) is 17.6 Å². The quantitative estimate of drug-likeness (QED) is 0.753. The Hall–Kier alpha value is -3.46. The molecular formula is C20H16FN5. The van der Waals surface area contributed by atoms with Gasteiger partial charge in [-0.3, -0.25) is 0 Å². The molecule has 1 aliphatic rings. The molecule has 4 rings (SSSR count). The molecule has 0 spiro atoms. The average molecular weight is 345 g/mol. The van der Waals surface area contributed by atoms with Crippen molar-refractivity contribution in [3.8, 4) is 17.3 Å². The highest BCUT2D eigenvalue weighted by Crippen LogP contribution is 2.34. The molecule has 1 atom stereocenters. The summed E-state index contributed by atoms with van der Waals surface area (Å²) in [6.45, 7) is 0. The Balaban J connectivity index is 1.65. The van der Waals surface area contributed by atoms with Gasteiger partial charge in [0.25, 0.3) is 0 Å². The Morgan fingerprint density at radius 2 is 2.00 bits per heavy atom. The predicted molar refractivity (Wildman–Crippen MR) is 97.7 cm³/mol. The Labute approximate surface area is 150 Å². The molecule has 0 radical (unpaired) electrons. The van der Waals surface area contributed by atoms with E-state index in [9.17, 15) is 4.39 Å². The lowest BCUT2D eigenvalue weighted by molar-refractivity contribution is 0.624. The average Bonchev–Trinajstić information content (AvgIpc) is 3.04. The second kappa shape index (κ2) is 6.45. The molecule has 1 aliphatic carbocycles. The van der Waals surface area contributed by atoms with Gasteiger partial charge in [-0.05, 0) is 36.1 Å². The number of nitrogens with one attached hydrogen (secondary N) is 1. The van der Waals surface area contributed by atoms with E-state index in [0.29, 0.717) is 17.1 Å². The number of hydrogen-bond acceptors (Lipinski definition) is 5. The number of fused-ring (bicyclic) bond motifs is 1. The number of aromatic nitrogens is 2. The van der Waals surface area contributed by atoms with Crippen LogP contribution in [0.3, 0.4) is 0 Å². The van der Waals surface area contributed by atoms with Gasteiger partial charge in [0.05, 0.1) is 17.3 Å². The molecule has 0 fully saturated rings. The van der Waals surface area contributed by atoms with Crippen molar-refractivity contribution in [3.05, 3.63) is 71.0 Å². The maximum Gasteiger partial charge on any atom is 0.222 e. The second-order valence-electron chi connectivity index (χ2n) is 6.24. The van der Waals surface area contributed by atoms with Crippen LogP contribution in [-0.4, -0.2) is 9.97 Å². The number of nitrogen functional groups attached to an aromatic ring is 1. The first-order valence-electron chi connectivity index (χ1n) is 8.33. The van der Waals surface area contributed by atoms with Crippen LogP contribution in [0.25, 0.3) is 11.3 Å². The van der Waals surface area contributed by atoms with Crippen LogP contribution in [-0.2, 0) is 6.42 Å². The van der Waals surface area contributed by atoms with Gasteiger partial charge in [0.1, 0.15) is 17.7 Å². The fraction of sp³-hybridized carbons (Fsp3) is 0.150. The van der Waals surface area contributed by atoms with Crippen molar-refractivity contribution in [2.24, 2.45) is 0 Å². The van der Waals surface area contributed by atoms with Gasteiger partial charge in [-0.25, -0.2) is 9.37 Å². The third-order valence-corrected chi connectivity index (χ3v) is 4.58. The van der Waals surface area contributed by atoms with Crippen molar-refractivity contribution < 1.29 is 4.39 Å². The molecular weight excluding hydrogens is 329 g/mol. The summed E-state index contributed by atoms with van der Waals surface area (Å²) in [5.41, 5.74) is 9.50. The van der Waals surface area contributed by atoms with Gasteiger partial charge < -0.3 is 11.1 Å². The van der Waals surface area contributed by atoms with E-state index >= 15 is 0 Å². The summed E-state index contributed by atoms with van der Waals surface area (Å²) in [5.74, 6) is 0.126.